The van der Waals surface area contributed by atoms with Crippen molar-refractivity contribution in [3.8, 4) is 11.5 Å². The number of fused-ring (bicyclic) bond motifs is 1. The molecule has 0 amide bonds. The minimum absolute atomic E-state index is 0.113. The van der Waals surface area contributed by atoms with E-state index in [1.165, 1.54) is 11.1 Å². The van der Waals surface area contributed by atoms with Crippen molar-refractivity contribution in [2.75, 3.05) is 20.8 Å². The van der Waals surface area contributed by atoms with Crippen molar-refractivity contribution >= 4 is 5.69 Å². The molecule has 0 aliphatic carbocycles. The Hall–Kier alpha value is -2.60. The molecule has 1 heterocycles. The number of non-ortho nitro benzene ring substituents is 1. The number of hydrogen-bond acceptors (Lipinski definition) is 5. The first-order valence-corrected chi connectivity index (χ1v) is 7.84. The molecule has 0 saturated heterocycles. The zero-order chi connectivity index (χ0) is 17.1. The quantitative estimate of drug-likeness (QED) is 0.674. The van der Waals surface area contributed by atoms with Crippen molar-refractivity contribution in [3.63, 3.8) is 0 Å². The number of methoxy groups -OCH3 is 2. The molecule has 0 aromatic heterocycles. The predicted molar refractivity (Wildman–Crippen MR) is 90.8 cm³/mol. The van der Waals surface area contributed by atoms with Crippen LogP contribution in [0.1, 0.15) is 22.7 Å². The molecule has 1 aliphatic rings. The third-order valence-electron chi connectivity index (χ3n) is 4.39. The fourth-order valence-electron chi connectivity index (χ4n) is 3.14. The average Bonchev–Trinajstić information content (AvgIpc) is 2.61. The van der Waals surface area contributed by atoms with Crippen LogP contribution < -0.4 is 14.8 Å². The maximum atomic E-state index is 10.8. The van der Waals surface area contributed by atoms with Gasteiger partial charge in [0.15, 0.2) is 11.5 Å². The van der Waals surface area contributed by atoms with E-state index in [4.69, 9.17) is 9.47 Å². The maximum absolute atomic E-state index is 10.8. The van der Waals surface area contributed by atoms with Crippen molar-refractivity contribution in [2.24, 2.45) is 0 Å². The molecule has 6 heteroatoms. The number of hydrogen-bond donors (Lipinski definition) is 1. The summed E-state index contributed by atoms with van der Waals surface area (Å²) < 4.78 is 10.8. The molecule has 6 nitrogen and oxygen atoms in total. The van der Waals surface area contributed by atoms with Gasteiger partial charge in [-0.1, -0.05) is 12.1 Å². The van der Waals surface area contributed by atoms with Crippen LogP contribution in [-0.4, -0.2) is 25.7 Å². The molecule has 126 valence electrons. The summed E-state index contributed by atoms with van der Waals surface area (Å²) in [5.41, 5.74) is 3.61. The molecule has 24 heavy (non-hydrogen) atoms. The Bertz CT molecular complexity index is 743. The molecule has 0 fully saturated rings. The van der Waals surface area contributed by atoms with Gasteiger partial charge in [0.05, 0.1) is 19.1 Å². The molecule has 0 bridgehead atoms. The zero-order valence-electron chi connectivity index (χ0n) is 13.7. The molecular formula is C18H20N2O4. The van der Waals surface area contributed by atoms with Gasteiger partial charge in [0.1, 0.15) is 0 Å². The molecule has 1 aliphatic heterocycles. The molecule has 2 aromatic carbocycles. The second-order valence-corrected chi connectivity index (χ2v) is 5.79. The van der Waals surface area contributed by atoms with E-state index in [0.717, 1.165) is 30.7 Å². The SMILES string of the molecule is COc1cc2c(cc1OC)[C@H](Cc1ccc([N+](=O)[O-])cc1)NCC2. The summed E-state index contributed by atoms with van der Waals surface area (Å²) in [6, 6.07) is 10.9. The zero-order valence-corrected chi connectivity index (χ0v) is 13.7. The molecule has 1 N–H and O–H groups in total. The molecule has 3 rings (SSSR count). The highest BCUT2D eigenvalue weighted by Crippen LogP contribution is 2.36. The van der Waals surface area contributed by atoms with Crippen LogP contribution in [0.25, 0.3) is 0 Å². The Morgan fingerprint density at radius 3 is 2.46 bits per heavy atom. The number of nitrogens with zero attached hydrogens (tertiary/aromatic N) is 1. The highest BCUT2D eigenvalue weighted by atomic mass is 16.6. The smallest absolute Gasteiger partial charge is 0.269 e. The van der Waals surface area contributed by atoms with Crippen LogP contribution in [0.15, 0.2) is 36.4 Å². The Balaban J connectivity index is 1.87. The fraction of sp³-hybridized carbons (Fsp3) is 0.333. The van der Waals surface area contributed by atoms with Crippen LogP contribution in [-0.2, 0) is 12.8 Å². The number of rotatable bonds is 5. The molecule has 0 spiro atoms. The molecule has 1 atom stereocenters. The largest absolute Gasteiger partial charge is 0.493 e. The minimum atomic E-state index is -0.380. The van der Waals surface area contributed by atoms with Gasteiger partial charge >= 0.3 is 0 Å². The Labute approximate surface area is 140 Å². The lowest BCUT2D eigenvalue weighted by molar-refractivity contribution is -0.384. The van der Waals surface area contributed by atoms with Crippen LogP contribution in [0, 0.1) is 10.1 Å². The van der Waals surface area contributed by atoms with Crippen molar-refractivity contribution in [2.45, 2.75) is 18.9 Å². The monoisotopic (exact) mass is 328 g/mol. The highest BCUT2D eigenvalue weighted by molar-refractivity contribution is 5.50. The number of nitro benzene ring substituents is 1. The standard InChI is InChI=1S/C18H20N2O4/c1-23-17-10-13-7-8-19-16(15(13)11-18(17)24-2)9-12-3-5-14(6-4-12)20(21)22/h3-6,10-11,16,19H,7-9H2,1-2H3/t16-/m0/s1. The molecule has 0 unspecified atom stereocenters. The fourth-order valence-corrected chi connectivity index (χ4v) is 3.14. The number of nitrogens with one attached hydrogen (secondary N) is 1. The Morgan fingerprint density at radius 1 is 1.17 bits per heavy atom. The topological polar surface area (TPSA) is 73.6 Å². The van der Waals surface area contributed by atoms with Gasteiger partial charge in [0.2, 0.25) is 0 Å². The summed E-state index contributed by atoms with van der Waals surface area (Å²) in [7, 11) is 3.27. The number of ether oxygens (including phenoxy) is 2. The summed E-state index contributed by atoms with van der Waals surface area (Å²) in [5.74, 6) is 1.46. The molecule has 0 radical (unpaired) electrons. The van der Waals surface area contributed by atoms with Gasteiger partial charge in [-0.3, -0.25) is 10.1 Å². The van der Waals surface area contributed by atoms with E-state index in [2.05, 4.69) is 5.32 Å². The molecule has 0 saturated carbocycles. The van der Waals surface area contributed by atoms with Gasteiger partial charge in [0.25, 0.3) is 5.69 Å². The highest BCUT2D eigenvalue weighted by Gasteiger charge is 2.23. The van der Waals surface area contributed by atoms with Crippen molar-refractivity contribution in [1.29, 1.82) is 0 Å². The average molecular weight is 328 g/mol. The predicted octanol–water partition coefficient (Wildman–Crippen LogP) is 3.04. The van der Waals surface area contributed by atoms with Crippen LogP contribution in [0.3, 0.4) is 0 Å². The first-order valence-electron chi connectivity index (χ1n) is 7.84. The van der Waals surface area contributed by atoms with Gasteiger partial charge in [-0.05, 0) is 48.2 Å². The number of benzene rings is 2. The van der Waals surface area contributed by atoms with E-state index < -0.39 is 0 Å². The van der Waals surface area contributed by atoms with E-state index in [1.807, 2.05) is 24.3 Å². The van der Waals surface area contributed by atoms with Crippen LogP contribution >= 0.6 is 0 Å². The van der Waals surface area contributed by atoms with E-state index in [-0.39, 0.29) is 16.7 Å². The van der Waals surface area contributed by atoms with Crippen LogP contribution in [0.5, 0.6) is 11.5 Å². The maximum Gasteiger partial charge on any atom is 0.269 e. The summed E-state index contributed by atoms with van der Waals surface area (Å²) in [6.07, 6.45) is 1.70. The van der Waals surface area contributed by atoms with Crippen LogP contribution in [0.2, 0.25) is 0 Å². The second-order valence-electron chi connectivity index (χ2n) is 5.79. The summed E-state index contributed by atoms with van der Waals surface area (Å²) in [5, 5.41) is 14.3. The number of nitro groups is 1. The first-order chi connectivity index (χ1) is 11.6. The van der Waals surface area contributed by atoms with E-state index in [9.17, 15) is 10.1 Å². The van der Waals surface area contributed by atoms with Gasteiger partial charge in [-0.2, -0.15) is 0 Å². The van der Waals surface area contributed by atoms with Crippen molar-refractivity contribution in [3.05, 3.63) is 63.2 Å². The summed E-state index contributed by atoms with van der Waals surface area (Å²) in [6.45, 7) is 0.889. The van der Waals surface area contributed by atoms with Crippen molar-refractivity contribution < 1.29 is 14.4 Å². The lowest BCUT2D eigenvalue weighted by atomic mass is 9.90. The van der Waals surface area contributed by atoms with Crippen LogP contribution in [0.4, 0.5) is 5.69 Å². The Kier molecular flexibility index (Phi) is 4.66. The van der Waals surface area contributed by atoms with Crippen molar-refractivity contribution in [1.82, 2.24) is 5.32 Å². The molecular weight excluding hydrogens is 308 g/mol. The second kappa shape index (κ2) is 6.88. The summed E-state index contributed by atoms with van der Waals surface area (Å²) >= 11 is 0. The van der Waals surface area contributed by atoms with Gasteiger partial charge in [-0.15, -0.1) is 0 Å². The first kappa shape index (κ1) is 16.3. The van der Waals surface area contributed by atoms with E-state index >= 15 is 0 Å². The Morgan fingerprint density at radius 2 is 1.83 bits per heavy atom. The minimum Gasteiger partial charge on any atom is -0.493 e. The lowest BCUT2D eigenvalue weighted by Crippen LogP contribution is -2.31. The lowest BCUT2D eigenvalue weighted by Gasteiger charge is -2.28. The van der Waals surface area contributed by atoms with Gasteiger partial charge in [-0.25, -0.2) is 0 Å². The third-order valence-corrected chi connectivity index (χ3v) is 4.39. The normalized spacial score (nSPS) is 16.3. The summed E-state index contributed by atoms with van der Waals surface area (Å²) in [4.78, 5) is 10.4. The third kappa shape index (κ3) is 3.19. The van der Waals surface area contributed by atoms with Gasteiger partial charge < -0.3 is 14.8 Å². The molecule has 2 aromatic rings. The van der Waals surface area contributed by atoms with E-state index in [1.54, 1.807) is 26.4 Å². The van der Waals surface area contributed by atoms with Gasteiger partial charge in [0, 0.05) is 18.2 Å². The van der Waals surface area contributed by atoms with E-state index in [0.29, 0.717) is 5.75 Å².